The maximum atomic E-state index is 11.7. The molecule has 0 aromatic carbocycles. The van der Waals surface area contributed by atoms with Crippen LogP contribution < -0.4 is 11.1 Å². The monoisotopic (exact) mass is 214 g/mol. The largest absolute Gasteiger partial charge is 0.381 e. The molecule has 0 radical (unpaired) electrons. The van der Waals surface area contributed by atoms with Gasteiger partial charge in [-0.05, 0) is 25.2 Å². The van der Waals surface area contributed by atoms with Crippen molar-refractivity contribution >= 4 is 5.91 Å². The maximum absolute atomic E-state index is 11.7. The van der Waals surface area contributed by atoms with Crippen molar-refractivity contribution < 1.29 is 9.53 Å². The summed E-state index contributed by atoms with van der Waals surface area (Å²) in [5, 5.41) is 2.98. The minimum absolute atomic E-state index is 0.0180. The molecular weight excluding hydrogens is 192 g/mol. The summed E-state index contributed by atoms with van der Waals surface area (Å²) in [6.45, 7) is 5.62. The van der Waals surface area contributed by atoms with E-state index in [-0.39, 0.29) is 18.0 Å². The third-order valence-electron chi connectivity index (χ3n) is 2.63. The molecule has 0 spiro atoms. The molecule has 0 unspecified atom stereocenters. The second kappa shape index (κ2) is 6.08. The molecule has 4 heteroatoms. The molecular formula is C11H22N2O2. The van der Waals surface area contributed by atoms with E-state index in [0.717, 1.165) is 32.5 Å². The zero-order valence-electron chi connectivity index (χ0n) is 9.66. The summed E-state index contributed by atoms with van der Waals surface area (Å²) in [4.78, 5) is 11.7. The predicted molar refractivity (Wildman–Crippen MR) is 59.4 cm³/mol. The minimum atomic E-state index is -0.368. The van der Waals surface area contributed by atoms with Crippen molar-refractivity contribution in [2.45, 2.75) is 45.2 Å². The van der Waals surface area contributed by atoms with Gasteiger partial charge in [0.2, 0.25) is 5.91 Å². The van der Waals surface area contributed by atoms with Crippen LogP contribution in [0.4, 0.5) is 0 Å². The topological polar surface area (TPSA) is 64.4 Å². The van der Waals surface area contributed by atoms with Gasteiger partial charge in [-0.25, -0.2) is 0 Å². The van der Waals surface area contributed by atoms with Gasteiger partial charge >= 0.3 is 0 Å². The summed E-state index contributed by atoms with van der Waals surface area (Å²) in [6.07, 6.45) is 2.55. The molecule has 3 N–H and O–H groups in total. The molecule has 1 aliphatic rings. The van der Waals surface area contributed by atoms with Crippen LogP contribution >= 0.6 is 0 Å². The number of hydrogen-bond donors (Lipinski definition) is 2. The lowest BCUT2D eigenvalue weighted by Gasteiger charge is -2.25. The molecule has 88 valence electrons. The van der Waals surface area contributed by atoms with Crippen LogP contribution in [0.5, 0.6) is 0 Å². The van der Waals surface area contributed by atoms with E-state index in [9.17, 15) is 4.79 Å². The van der Waals surface area contributed by atoms with E-state index in [1.165, 1.54) is 0 Å². The lowest BCUT2D eigenvalue weighted by atomic mass is 10.0. The second-order valence-corrected chi connectivity index (χ2v) is 4.63. The van der Waals surface area contributed by atoms with Crippen molar-refractivity contribution in [3.63, 3.8) is 0 Å². The molecule has 1 heterocycles. The molecule has 1 fully saturated rings. The Morgan fingerprint density at radius 2 is 2.07 bits per heavy atom. The summed E-state index contributed by atoms with van der Waals surface area (Å²) in [7, 11) is 0. The van der Waals surface area contributed by atoms with E-state index < -0.39 is 0 Å². The normalized spacial score (nSPS) is 20.3. The van der Waals surface area contributed by atoms with Gasteiger partial charge in [0.15, 0.2) is 0 Å². The number of hydrogen-bond acceptors (Lipinski definition) is 3. The molecule has 0 aliphatic carbocycles. The molecule has 4 nitrogen and oxygen atoms in total. The van der Waals surface area contributed by atoms with E-state index >= 15 is 0 Å². The van der Waals surface area contributed by atoms with Crippen LogP contribution in [-0.4, -0.2) is 31.2 Å². The third-order valence-corrected chi connectivity index (χ3v) is 2.63. The van der Waals surface area contributed by atoms with Crippen molar-refractivity contribution in [3.8, 4) is 0 Å². The van der Waals surface area contributed by atoms with Crippen LogP contribution in [-0.2, 0) is 9.53 Å². The summed E-state index contributed by atoms with van der Waals surface area (Å²) in [6, 6.07) is -0.114. The number of carbonyl (C=O) groups excluding carboxylic acids is 1. The van der Waals surface area contributed by atoms with Crippen molar-refractivity contribution in [1.29, 1.82) is 0 Å². The van der Waals surface area contributed by atoms with Gasteiger partial charge in [0.25, 0.3) is 0 Å². The third kappa shape index (κ3) is 4.62. The Morgan fingerprint density at radius 3 is 2.60 bits per heavy atom. The van der Waals surface area contributed by atoms with Crippen molar-refractivity contribution in [2.24, 2.45) is 11.7 Å². The molecule has 1 atom stereocenters. The first kappa shape index (κ1) is 12.5. The molecule has 0 bridgehead atoms. The molecule has 1 saturated heterocycles. The lowest BCUT2D eigenvalue weighted by molar-refractivity contribution is -0.124. The molecule has 1 amide bonds. The van der Waals surface area contributed by atoms with Crippen LogP contribution in [0.1, 0.15) is 33.1 Å². The highest BCUT2D eigenvalue weighted by atomic mass is 16.5. The highest BCUT2D eigenvalue weighted by Gasteiger charge is 2.20. The van der Waals surface area contributed by atoms with Gasteiger partial charge in [-0.2, -0.15) is 0 Å². The number of amides is 1. The van der Waals surface area contributed by atoms with E-state index in [0.29, 0.717) is 5.92 Å². The van der Waals surface area contributed by atoms with Crippen molar-refractivity contribution in [3.05, 3.63) is 0 Å². The van der Waals surface area contributed by atoms with Crippen LogP contribution in [0.3, 0.4) is 0 Å². The Morgan fingerprint density at radius 1 is 1.47 bits per heavy atom. The quantitative estimate of drug-likeness (QED) is 0.722. The Labute approximate surface area is 91.5 Å². The number of ether oxygens (including phenoxy) is 1. The van der Waals surface area contributed by atoms with Crippen LogP contribution in [0.15, 0.2) is 0 Å². The first-order chi connectivity index (χ1) is 7.09. The van der Waals surface area contributed by atoms with Crippen LogP contribution in [0.2, 0.25) is 0 Å². The van der Waals surface area contributed by atoms with Gasteiger partial charge in [-0.15, -0.1) is 0 Å². The summed E-state index contributed by atoms with van der Waals surface area (Å²) in [5.41, 5.74) is 5.79. The van der Waals surface area contributed by atoms with E-state index in [2.05, 4.69) is 19.2 Å². The molecule has 0 aromatic heterocycles. The first-order valence-corrected chi connectivity index (χ1v) is 5.73. The fourth-order valence-corrected chi connectivity index (χ4v) is 1.77. The van der Waals surface area contributed by atoms with E-state index in [1.807, 2.05) is 0 Å². The smallest absolute Gasteiger partial charge is 0.237 e. The minimum Gasteiger partial charge on any atom is -0.381 e. The van der Waals surface area contributed by atoms with Gasteiger partial charge in [-0.1, -0.05) is 13.8 Å². The van der Waals surface area contributed by atoms with Crippen LogP contribution in [0.25, 0.3) is 0 Å². The van der Waals surface area contributed by atoms with Gasteiger partial charge in [-0.3, -0.25) is 4.79 Å². The standard InChI is InChI=1S/C11H22N2O2/c1-8(2)7-10(12)11(14)13-9-3-5-15-6-4-9/h8-10H,3-7,12H2,1-2H3,(H,13,14)/t10-/m1/s1. The van der Waals surface area contributed by atoms with Gasteiger partial charge in [0.05, 0.1) is 6.04 Å². The predicted octanol–water partition coefficient (Wildman–Crippen LogP) is 0.655. The average Bonchev–Trinajstić information content (AvgIpc) is 2.18. The number of nitrogens with two attached hydrogens (primary N) is 1. The van der Waals surface area contributed by atoms with Crippen molar-refractivity contribution in [2.75, 3.05) is 13.2 Å². The highest BCUT2D eigenvalue weighted by molar-refractivity contribution is 5.81. The molecule has 1 rings (SSSR count). The summed E-state index contributed by atoms with van der Waals surface area (Å²) >= 11 is 0. The molecule has 1 aliphatic heterocycles. The van der Waals surface area contributed by atoms with E-state index in [4.69, 9.17) is 10.5 Å². The Hall–Kier alpha value is -0.610. The molecule has 15 heavy (non-hydrogen) atoms. The molecule has 0 aromatic rings. The lowest BCUT2D eigenvalue weighted by Crippen LogP contribution is -2.47. The van der Waals surface area contributed by atoms with Crippen LogP contribution in [0, 0.1) is 5.92 Å². The van der Waals surface area contributed by atoms with Crippen molar-refractivity contribution in [1.82, 2.24) is 5.32 Å². The Balaban J connectivity index is 2.27. The highest BCUT2D eigenvalue weighted by Crippen LogP contribution is 2.08. The Kier molecular flexibility index (Phi) is 5.05. The number of rotatable bonds is 4. The van der Waals surface area contributed by atoms with Gasteiger partial charge < -0.3 is 15.8 Å². The number of nitrogens with one attached hydrogen (secondary N) is 1. The zero-order valence-corrected chi connectivity index (χ0v) is 9.66. The Bertz CT molecular complexity index is 201. The second-order valence-electron chi connectivity index (χ2n) is 4.63. The average molecular weight is 214 g/mol. The summed E-state index contributed by atoms with van der Waals surface area (Å²) < 4.78 is 5.22. The summed E-state index contributed by atoms with van der Waals surface area (Å²) in [5.74, 6) is 0.441. The number of carbonyl (C=O) groups is 1. The first-order valence-electron chi connectivity index (χ1n) is 5.73. The van der Waals surface area contributed by atoms with Gasteiger partial charge in [0, 0.05) is 19.3 Å². The zero-order chi connectivity index (χ0) is 11.3. The fraction of sp³-hybridized carbons (Fsp3) is 0.909. The fourth-order valence-electron chi connectivity index (χ4n) is 1.77. The maximum Gasteiger partial charge on any atom is 0.237 e. The SMILES string of the molecule is CC(C)C[C@@H](N)C(=O)NC1CCOCC1. The molecule has 0 saturated carbocycles. The van der Waals surface area contributed by atoms with E-state index in [1.54, 1.807) is 0 Å². The van der Waals surface area contributed by atoms with Gasteiger partial charge in [0.1, 0.15) is 0 Å².